The maximum atomic E-state index is 12.6. The van der Waals surface area contributed by atoms with Crippen LogP contribution in [0.3, 0.4) is 0 Å². The number of benzene rings is 1. The predicted molar refractivity (Wildman–Crippen MR) is 120 cm³/mol. The van der Waals surface area contributed by atoms with E-state index in [1.165, 1.54) is 7.11 Å². The van der Waals surface area contributed by atoms with E-state index >= 15 is 0 Å². The lowest BCUT2D eigenvalue weighted by molar-refractivity contribution is -0.146. The Bertz CT molecular complexity index is 716. The summed E-state index contributed by atoms with van der Waals surface area (Å²) in [6, 6.07) is 9.57. The first-order chi connectivity index (χ1) is 14.0. The fraction of sp³-hybridized carbons (Fsp3) is 0.652. The predicted octanol–water partition coefficient (Wildman–Crippen LogP) is 4.70. The molecule has 0 radical (unpaired) electrons. The van der Waals surface area contributed by atoms with Gasteiger partial charge in [0.15, 0.2) is 8.32 Å². The van der Waals surface area contributed by atoms with Crippen LogP contribution in [0, 0.1) is 17.8 Å². The van der Waals surface area contributed by atoms with Gasteiger partial charge in [0, 0.05) is 19.7 Å². The number of amides is 1. The third-order valence-corrected chi connectivity index (χ3v) is 11.1. The Morgan fingerprint density at radius 3 is 2.37 bits per heavy atom. The van der Waals surface area contributed by atoms with E-state index in [1.54, 1.807) is 4.90 Å². The van der Waals surface area contributed by atoms with Gasteiger partial charge in [-0.2, -0.15) is 0 Å². The van der Waals surface area contributed by atoms with Crippen molar-refractivity contribution in [1.29, 1.82) is 0 Å². The molecule has 3 atom stereocenters. The zero-order valence-electron chi connectivity index (χ0n) is 19.4. The molecular formula is C23H37NO5Si. The summed E-state index contributed by atoms with van der Waals surface area (Å²) in [5.74, 6) is -0.545. The lowest BCUT2D eigenvalue weighted by atomic mass is 9.85. The third-order valence-electron chi connectivity index (χ3n) is 6.58. The normalized spacial score (nSPS) is 20.7. The number of rotatable bonds is 7. The van der Waals surface area contributed by atoms with E-state index in [-0.39, 0.29) is 35.4 Å². The maximum Gasteiger partial charge on any atom is 0.410 e. The zero-order chi connectivity index (χ0) is 22.5. The van der Waals surface area contributed by atoms with Gasteiger partial charge >= 0.3 is 12.1 Å². The fourth-order valence-electron chi connectivity index (χ4n) is 3.45. The first-order valence-electron chi connectivity index (χ1n) is 10.6. The molecule has 1 amide bonds. The summed E-state index contributed by atoms with van der Waals surface area (Å²) in [6.45, 7) is 14.7. The highest BCUT2D eigenvalue weighted by Crippen LogP contribution is 2.38. The second-order valence-corrected chi connectivity index (χ2v) is 14.6. The number of esters is 1. The highest BCUT2D eigenvalue weighted by molar-refractivity contribution is 6.74. The molecule has 7 heteroatoms. The first kappa shape index (κ1) is 24.4. The van der Waals surface area contributed by atoms with E-state index in [4.69, 9.17) is 13.9 Å². The van der Waals surface area contributed by atoms with E-state index < -0.39 is 14.4 Å². The van der Waals surface area contributed by atoms with Gasteiger partial charge < -0.3 is 18.8 Å². The van der Waals surface area contributed by atoms with Crippen molar-refractivity contribution in [3.8, 4) is 0 Å². The van der Waals surface area contributed by atoms with Gasteiger partial charge in [-0.05, 0) is 35.5 Å². The Balaban J connectivity index is 2.01. The molecule has 1 aliphatic rings. The van der Waals surface area contributed by atoms with Crippen molar-refractivity contribution in [3.63, 3.8) is 0 Å². The number of hydrogen-bond acceptors (Lipinski definition) is 5. The smallest absolute Gasteiger partial charge is 0.410 e. The minimum Gasteiger partial charge on any atom is -0.469 e. The Morgan fingerprint density at radius 1 is 1.17 bits per heavy atom. The quantitative estimate of drug-likeness (QED) is 0.459. The molecule has 0 aliphatic carbocycles. The molecule has 1 unspecified atom stereocenters. The summed E-state index contributed by atoms with van der Waals surface area (Å²) in [5.41, 5.74) is 0.933. The van der Waals surface area contributed by atoms with E-state index in [0.29, 0.717) is 19.7 Å². The summed E-state index contributed by atoms with van der Waals surface area (Å²) < 4.78 is 16.9. The maximum absolute atomic E-state index is 12.6. The molecule has 1 saturated heterocycles. The second-order valence-electron chi connectivity index (χ2n) is 9.79. The number of carbonyl (C=O) groups excluding carboxylic acids is 2. The molecule has 1 aliphatic heterocycles. The lowest BCUT2D eigenvalue weighted by Crippen LogP contribution is -2.43. The average Bonchev–Trinajstić information content (AvgIpc) is 3.15. The molecule has 1 aromatic rings. The zero-order valence-corrected chi connectivity index (χ0v) is 20.4. The number of carbonyl (C=O) groups is 2. The van der Waals surface area contributed by atoms with E-state index in [0.717, 1.165) is 5.56 Å². The number of likely N-dealkylation sites (tertiary alicyclic amines) is 1. The molecule has 1 fully saturated rings. The molecule has 0 saturated carbocycles. The van der Waals surface area contributed by atoms with Crippen LogP contribution in [-0.2, 0) is 25.3 Å². The average molecular weight is 436 g/mol. The summed E-state index contributed by atoms with van der Waals surface area (Å²) in [6.07, 6.45) is -0.396. The SMILES string of the molecule is COC(=O)C1CN(C(=O)OCc2ccccc2)C[C@@H]1[C@@H](C)CO[Si](C)(C)C(C)(C)C. The van der Waals surface area contributed by atoms with Gasteiger partial charge in [0.2, 0.25) is 0 Å². The molecular weight excluding hydrogens is 398 g/mol. The van der Waals surface area contributed by atoms with Crippen molar-refractivity contribution in [2.24, 2.45) is 17.8 Å². The van der Waals surface area contributed by atoms with Crippen molar-refractivity contribution < 1.29 is 23.5 Å². The molecule has 168 valence electrons. The summed E-state index contributed by atoms with van der Waals surface area (Å²) in [7, 11) is -0.491. The number of methoxy groups -OCH3 is 1. The van der Waals surface area contributed by atoms with Crippen LogP contribution in [0.5, 0.6) is 0 Å². The van der Waals surface area contributed by atoms with Crippen molar-refractivity contribution in [2.45, 2.75) is 52.4 Å². The number of ether oxygens (including phenoxy) is 2. The van der Waals surface area contributed by atoms with E-state index in [9.17, 15) is 9.59 Å². The van der Waals surface area contributed by atoms with Gasteiger partial charge in [-0.1, -0.05) is 58.0 Å². The van der Waals surface area contributed by atoms with Crippen molar-refractivity contribution >= 4 is 20.4 Å². The summed E-state index contributed by atoms with van der Waals surface area (Å²) >= 11 is 0. The largest absolute Gasteiger partial charge is 0.469 e. The van der Waals surface area contributed by atoms with E-state index in [1.807, 2.05) is 30.3 Å². The summed E-state index contributed by atoms with van der Waals surface area (Å²) in [5, 5.41) is 0.122. The van der Waals surface area contributed by atoms with Crippen LogP contribution in [0.4, 0.5) is 4.79 Å². The molecule has 6 nitrogen and oxygen atoms in total. The molecule has 1 aromatic carbocycles. The van der Waals surface area contributed by atoms with Gasteiger partial charge in [-0.15, -0.1) is 0 Å². The fourth-order valence-corrected chi connectivity index (χ4v) is 4.56. The van der Waals surface area contributed by atoms with Gasteiger partial charge in [0.05, 0.1) is 13.0 Å². The first-order valence-corrected chi connectivity index (χ1v) is 13.5. The molecule has 0 aromatic heterocycles. The monoisotopic (exact) mass is 435 g/mol. The molecule has 2 rings (SSSR count). The van der Waals surface area contributed by atoms with Crippen LogP contribution in [0.15, 0.2) is 30.3 Å². The van der Waals surface area contributed by atoms with E-state index in [2.05, 4.69) is 40.8 Å². The van der Waals surface area contributed by atoms with Crippen molar-refractivity contribution in [3.05, 3.63) is 35.9 Å². The second kappa shape index (κ2) is 9.96. The molecule has 1 heterocycles. The molecule has 30 heavy (non-hydrogen) atoms. The van der Waals surface area contributed by atoms with Crippen LogP contribution in [-0.4, -0.2) is 52.1 Å². The Hall–Kier alpha value is -1.86. The Morgan fingerprint density at radius 2 is 1.80 bits per heavy atom. The van der Waals surface area contributed by atoms with Crippen molar-refractivity contribution in [1.82, 2.24) is 4.90 Å². The van der Waals surface area contributed by atoms with Crippen LogP contribution in [0.25, 0.3) is 0 Å². The Labute approximate surface area is 182 Å². The number of nitrogens with zero attached hydrogens (tertiary/aromatic N) is 1. The Kier molecular flexibility index (Phi) is 8.11. The van der Waals surface area contributed by atoms with Crippen LogP contribution in [0.1, 0.15) is 33.3 Å². The van der Waals surface area contributed by atoms with Gasteiger partial charge in [-0.25, -0.2) is 4.79 Å². The number of hydrogen-bond donors (Lipinski definition) is 0. The third kappa shape index (κ3) is 6.08. The van der Waals surface area contributed by atoms with Crippen molar-refractivity contribution in [2.75, 3.05) is 26.8 Å². The highest BCUT2D eigenvalue weighted by atomic mass is 28.4. The highest BCUT2D eigenvalue weighted by Gasteiger charge is 2.44. The van der Waals surface area contributed by atoms with Gasteiger partial charge in [0.1, 0.15) is 6.61 Å². The van der Waals surface area contributed by atoms with Crippen LogP contribution in [0.2, 0.25) is 18.1 Å². The van der Waals surface area contributed by atoms with Crippen LogP contribution < -0.4 is 0 Å². The van der Waals surface area contributed by atoms with Gasteiger partial charge in [-0.3, -0.25) is 4.79 Å². The van der Waals surface area contributed by atoms with Gasteiger partial charge in [0.25, 0.3) is 0 Å². The van der Waals surface area contributed by atoms with Crippen LogP contribution >= 0.6 is 0 Å². The molecule has 0 spiro atoms. The lowest BCUT2D eigenvalue weighted by Gasteiger charge is -2.37. The summed E-state index contributed by atoms with van der Waals surface area (Å²) in [4.78, 5) is 26.6. The molecule has 0 bridgehead atoms. The standard InChI is InChI=1S/C23H37NO5Si/c1-17(15-29-30(6,7)23(2,3)4)19-13-24(14-20(19)21(25)27-5)22(26)28-16-18-11-9-8-10-12-18/h8-12,17,19-20H,13-16H2,1-7H3/t17-,19+,20?/m0/s1. The minimum atomic E-state index is -1.89. The minimum absolute atomic E-state index is 0.0218. The molecule has 0 N–H and O–H groups in total. The topological polar surface area (TPSA) is 65.1 Å².